The molecule has 2 N–H and O–H groups in total. The van der Waals surface area contributed by atoms with Crippen molar-refractivity contribution in [2.45, 2.75) is 51.3 Å². The molecule has 0 unspecified atom stereocenters. The van der Waals surface area contributed by atoms with Crippen LogP contribution in [-0.4, -0.2) is 47.5 Å². The fraction of sp³-hybridized carbons (Fsp3) is 0.643. The van der Waals surface area contributed by atoms with E-state index < -0.39 is 23.6 Å². The quantitative estimate of drug-likeness (QED) is 0.572. The zero-order chi connectivity index (χ0) is 15.9. The number of carbonyl (C=O) groups excluding carboxylic acids is 3. The van der Waals surface area contributed by atoms with Gasteiger partial charge in [0.1, 0.15) is 17.3 Å². The third kappa shape index (κ3) is 2.65. The van der Waals surface area contributed by atoms with Gasteiger partial charge in [0.2, 0.25) is 5.91 Å². The number of esters is 2. The minimum absolute atomic E-state index is 0.0280. The minimum Gasteiger partial charge on any atom is -0.466 e. The summed E-state index contributed by atoms with van der Waals surface area (Å²) in [6.07, 6.45) is 0.868. The van der Waals surface area contributed by atoms with E-state index in [1.807, 2.05) is 0 Å². The van der Waals surface area contributed by atoms with Crippen LogP contribution in [0.4, 0.5) is 0 Å². The predicted molar refractivity (Wildman–Crippen MR) is 72.7 cm³/mol. The van der Waals surface area contributed by atoms with E-state index in [4.69, 9.17) is 15.2 Å². The molecule has 0 aliphatic carbocycles. The molecular formula is C14H20N2O5. The average molecular weight is 296 g/mol. The zero-order valence-electron chi connectivity index (χ0n) is 12.6. The lowest BCUT2D eigenvalue weighted by Gasteiger charge is -2.48. The van der Waals surface area contributed by atoms with Crippen LogP contribution in [0.5, 0.6) is 0 Å². The molecule has 0 aromatic heterocycles. The van der Waals surface area contributed by atoms with E-state index in [0.717, 1.165) is 0 Å². The van der Waals surface area contributed by atoms with Gasteiger partial charge in [-0.05, 0) is 33.6 Å². The highest BCUT2D eigenvalue weighted by atomic mass is 16.6. The molecule has 7 heteroatoms. The molecule has 2 aliphatic heterocycles. The summed E-state index contributed by atoms with van der Waals surface area (Å²) in [5.41, 5.74) is 5.15. The molecule has 0 aromatic rings. The highest BCUT2D eigenvalue weighted by Crippen LogP contribution is 2.37. The minimum atomic E-state index is -0.728. The van der Waals surface area contributed by atoms with Crippen LogP contribution in [0.3, 0.4) is 0 Å². The molecule has 0 saturated carbocycles. The van der Waals surface area contributed by atoms with Crippen molar-refractivity contribution in [2.75, 3.05) is 7.11 Å². The van der Waals surface area contributed by atoms with Crippen molar-refractivity contribution in [3.63, 3.8) is 0 Å². The largest absolute Gasteiger partial charge is 0.466 e. The van der Waals surface area contributed by atoms with Gasteiger partial charge in [-0.1, -0.05) is 0 Å². The molecule has 2 aliphatic rings. The number of carbonyl (C=O) groups is 3. The fourth-order valence-electron chi connectivity index (χ4n) is 2.58. The van der Waals surface area contributed by atoms with Crippen LogP contribution in [0.15, 0.2) is 11.3 Å². The van der Waals surface area contributed by atoms with Crippen LogP contribution in [0.1, 0.15) is 33.6 Å². The smallest absolute Gasteiger partial charge is 0.356 e. The average Bonchev–Trinajstić information content (AvgIpc) is 2.42. The van der Waals surface area contributed by atoms with E-state index in [1.165, 1.54) is 12.0 Å². The van der Waals surface area contributed by atoms with Crippen LogP contribution < -0.4 is 5.73 Å². The maximum absolute atomic E-state index is 12.4. The predicted octanol–water partition coefficient (Wildman–Crippen LogP) is 0.0871. The molecule has 116 valence electrons. The Balaban J connectivity index is 2.41. The summed E-state index contributed by atoms with van der Waals surface area (Å²) in [5.74, 6) is -1.70. The molecule has 7 nitrogen and oxygen atoms in total. The highest BCUT2D eigenvalue weighted by Gasteiger charge is 2.52. The second kappa shape index (κ2) is 5.14. The van der Waals surface area contributed by atoms with Gasteiger partial charge in [0.25, 0.3) is 0 Å². The van der Waals surface area contributed by atoms with Gasteiger partial charge < -0.3 is 15.2 Å². The van der Waals surface area contributed by atoms with Gasteiger partial charge in [0.05, 0.1) is 18.7 Å². The Hall–Kier alpha value is -1.89. The first-order valence-electron chi connectivity index (χ1n) is 6.81. The number of amides is 1. The first kappa shape index (κ1) is 15.5. The molecule has 2 atom stereocenters. The van der Waals surface area contributed by atoms with Gasteiger partial charge in [0, 0.05) is 0 Å². The van der Waals surface area contributed by atoms with E-state index in [-0.39, 0.29) is 23.2 Å². The lowest BCUT2D eigenvalue weighted by Crippen LogP contribution is -2.70. The van der Waals surface area contributed by atoms with Crippen molar-refractivity contribution in [3.05, 3.63) is 11.3 Å². The summed E-state index contributed by atoms with van der Waals surface area (Å²) < 4.78 is 10.00. The van der Waals surface area contributed by atoms with Crippen molar-refractivity contribution in [1.82, 2.24) is 4.90 Å². The summed E-state index contributed by atoms with van der Waals surface area (Å²) >= 11 is 0. The normalized spacial score (nSPS) is 25.2. The third-order valence-electron chi connectivity index (χ3n) is 3.51. The monoisotopic (exact) mass is 296 g/mol. The van der Waals surface area contributed by atoms with Gasteiger partial charge in [-0.2, -0.15) is 0 Å². The summed E-state index contributed by atoms with van der Waals surface area (Å²) in [6.45, 7) is 5.15. The fourth-order valence-corrected chi connectivity index (χ4v) is 2.58. The molecule has 1 amide bonds. The standard InChI is InChI=1S/C14H20N2O5/c1-14(2,3)21-13(19)10-7(12(18)20-4)5-6-8-9(15)11(17)16(8)10/h8-9H,5-6,15H2,1-4H3/t8-,9-/m0/s1. The SMILES string of the molecule is COC(=O)C1=C(C(=O)OC(C)(C)C)N2C(=O)[C@@H](N)[C@@H]2CC1. The van der Waals surface area contributed by atoms with Crippen LogP contribution in [0.2, 0.25) is 0 Å². The van der Waals surface area contributed by atoms with Gasteiger partial charge >= 0.3 is 11.9 Å². The van der Waals surface area contributed by atoms with Gasteiger partial charge in [-0.15, -0.1) is 0 Å². The van der Waals surface area contributed by atoms with Crippen molar-refractivity contribution in [3.8, 4) is 0 Å². The number of fused-ring (bicyclic) bond motifs is 1. The van der Waals surface area contributed by atoms with Crippen LogP contribution in [-0.2, 0) is 23.9 Å². The lowest BCUT2D eigenvalue weighted by atomic mass is 9.84. The second-order valence-electron chi connectivity index (χ2n) is 6.16. The number of rotatable bonds is 2. The molecule has 0 spiro atoms. The molecule has 2 heterocycles. The Labute approximate surface area is 123 Å². The van der Waals surface area contributed by atoms with Crippen LogP contribution in [0.25, 0.3) is 0 Å². The molecule has 0 aromatic carbocycles. The first-order valence-corrected chi connectivity index (χ1v) is 6.81. The Kier molecular flexibility index (Phi) is 3.79. The molecule has 0 bridgehead atoms. The second-order valence-corrected chi connectivity index (χ2v) is 6.16. The lowest BCUT2D eigenvalue weighted by molar-refractivity contribution is -0.161. The number of ether oxygens (including phenoxy) is 2. The number of nitrogens with zero attached hydrogens (tertiary/aromatic N) is 1. The van der Waals surface area contributed by atoms with Crippen molar-refractivity contribution in [1.29, 1.82) is 0 Å². The van der Waals surface area contributed by atoms with Crippen molar-refractivity contribution in [2.24, 2.45) is 5.73 Å². The number of methoxy groups -OCH3 is 1. The zero-order valence-corrected chi connectivity index (χ0v) is 12.6. The van der Waals surface area contributed by atoms with Crippen LogP contribution in [0, 0.1) is 0 Å². The molecule has 2 rings (SSSR count). The summed E-state index contributed by atoms with van der Waals surface area (Å²) in [4.78, 5) is 37.4. The van der Waals surface area contributed by atoms with E-state index in [1.54, 1.807) is 20.8 Å². The number of hydrogen-bond donors (Lipinski definition) is 1. The Morgan fingerprint density at radius 1 is 1.29 bits per heavy atom. The van der Waals surface area contributed by atoms with E-state index in [2.05, 4.69) is 0 Å². The summed E-state index contributed by atoms with van der Waals surface area (Å²) in [6, 6.07) is -0.880. The highest BCUT2D eigenvalue weighted by molar-refractivity contribution is 6.06. The number of hydrogen-bond acceptors (Lipinski definition) is 6. The van der Waals surface area contributed by atoms with Gasteiger partial charge in [-0.25, -0.2) is 9.59 Å². The van der Waals surface area contributed by atoms with Gasteiger partial charge in [0.15, 0.2) is 0 Å². The van der Waals surface area contributed by atoms with E-state index >= 15 is 0 Å². The maximum atomic E-state index is 12.4. The molecule has 0 radical (unpaired) electrons. The molecule has 21 heavy (non-hydrogen) atoms. The van der Waals surface area contributed by atoms with E-state index in [9.17, 15) is 14.4 Å². The van der Waals surface area contributed by atoms with Gasteiger partial charge in [-0.3, -0.25) is 9.69 Å². The van der Waals surface area contributed by atoms with Crippen LogP contribution >= 0.6 is 0 Å². The molecule has 1 saturated heterocycles. The Morgan fingerprint density at radius 3 is 2.43 bits per heavy atom. The summed E-state index contributed by atoms with van der Waals surface area (Å²) in [5, 5.41) is 0. The molecular weight excluding hydrogens is 276 g/mol. The Morgan fingerprint density at radius 2 is 1.90 bits per heavy atom. The topological polar surface area (TPSA) is 98.9 Å². The number of β-lactam (4-membered cyclic amide) rings is 1. The molecule has 1 fully saturated rings. The van der Waals surface area contributed by atoms with E-state index in [0.29, 0.717) is 12.8 Å². The summed E-state index contributed by atoms with van der Waals surface area (Å²) in [7, 11) is 1.23. The van der Waals surface area contributed by atoms with Crippen molar-refractivity contribution < 1.29 is 23.9 Å². The number of nitrogens with two attached hydrogens (primary N) is 1. The maximum Gasteiger partial charge on any atom is 0.356 e. The third-order valence-corrected chi connectivity index (χ3v) is 3.51. The Bertz CT molecular complexity index is 532. The first-order chi connectivity index (χ1) is 9.67. The van der Waals surface area contributed by atoms with Crippen molar-refractivity contribution >= 4 is 17.8 Å².